The highest BCUT2D eigenvalue weighted by Gasteiger charge is 2.11. The number of hydrogen-bond donors (Lipinski definition) is 0. The first-order chi connectivity index (χ1) is 10.1. The van der Waals surface area contributed by atoms with Crippen LogP contribution in [0.5, 0.6) is 5.75 Å². The van der Waals surface area contributed by atoms with Crippen molar-refractivity contribution in [2.75, 3.05) is 34.0 Å². The van der Waals surface area contributed by atoms with Gasteiger partial charge in [0.25, 0.3) is 0 Å². The number of methoxy groups -OCH3 is 2. The zero-order valence-electron chi connectivity index (χ0n) is 13.2. The van der Waals surface area contributed by atoms with Gasteiger partial charge in [-0.3, -0.25) is 4.79 Å². The molecule has 1 aromatic carbocycles. The fraction of sp³-hybridized carbons (Fsp3) is 0.533. The summed E-state index contributed by atoms with van der Waals surface area (Å²) in [6, 6.07) is 2.90. The molecule has 0 atom stereocenters. The van der Waals surface area contributed by atoms with E-state index in [-0.39, 0.29) is 22.4 Å². The molecule has 0 aliphatic heterocycles. The minimum atomic E-state index is -0.573. The van der Waals surface area contributed by atoms with E-state index in [0.717, 1.165) is 6.61 Å². The summed E-state index contributed by atoms with van der Waals surface area (Å²) in [5.41, 5.74) is 0.256. The van der Waals surface area contributed by atoms with Gasteiger partial charge in [0, 0.05) is 26.4 Å². The van der Waals surface area contributed by atoms with Crippen molar-refractivity contribution in [2.45, 2.75) is 20.8 Å². The fourth-order valence-electron chi connectivity index (χ4n) is 0.984. The second-order valence-electron chi connectivity index (χ2n) is 3.32. The van der Waals surface area contributed by atoms with Gasteiger partial charge >= 0.3 is 0 Å². The third-order valence-electron chi connectivity index (χ3n) is 2.04. The lowest BCUT2D eigenvalue weighted by Crippen LogP contribution is -2.06. The maximum absolute atomic E-state index is 13.5. The molecule has 21 heavy (non-hydrogen) atoms. The first-order valence-electron chi connectivity index (χ1n) is 6.66. The van der Waals surface area contributed by atoms with Crippen molar-refractivity contribution in [3.05, 3.63) is 28.0 Å². The lowest BCUT2D eigenvalue weighted by atomic mass is 10.2. The van der Waals surface area contributed by atoms with Crippen molar-refractivity contribution in [1.82, 2.24) is 0 Å². The van der Waals surface area contributed by atoms with Crippen molar-refractivity contribution in [2.24, 2.45) is 0 Å². The van der Waals surface area contributed by atoms with Crippen molar-refractivity contribution < 1.29 is 23.4 Å². The van der Waals surface area contributed by atoms with Gasteiger partial charge in [-0.25, -0.2) is 4.39 Å². The molecule has 4 nitrogen and oxygen atoms in total. The Balaban J connectivity index is 0. The van der Waals surface area contributed by atoms with Crippen molar-refractivity contribution in [3.8, 4) is 5.75 Å². The molecule has 0 bridgehead atoms. The number of rotatable bonds is 6. The molecule has 6 heteroatoms. The Hall–Kier alpha value is -0.980. The van der Waals surface area contributed by atoms with Gasteiger partial charge < -0.3 is 14.2 Å². The lowest BCUT2D eigenvalue weighted by molar-refractivity contribution is 0.112. The van der Waals surface area contributed by atoms with Gasteiger partial charge in [-0.15, -0.1) is 0 Å². The summed E-state index contributed by atoms with van der Waals surface area (Å²) in [7, 11) is 3.21. The van der Waals surface area contributed by atoms with Crippen molar-refractivity contribution in [1.29, 1.82) is 0 Å². The lowest BCUT2D eigenvalue weighted by Gasteiger charge is -2.08. The van der Waals surface area contributed by atoms with E-state index in [0.29, 0.717) is 12.9 Å². The summed E-state index contributed by atoms with van der Waals surface area (Å²) in [5.74, 6) is -0.472. The molecule has 0 saturated carbocycles. The molecule has 0 N–H and O–H groups in total. The summed E-state index contributed by atoms with van der Waals surface area (Å²) in [4.78, 5) is 10.5. The topological polar surface area (TPSA) is 44.8 Å². The van der Waals surface area contributed by atoms with Crippen LogP contribution >= 0.6 is 15.9 Å². The van der Waals surface area contributed by atoms with E-state index in [1.54, 1.807) is 7.11 Å². The van der Waals surface area contributed by atoms with Crippen LogP contribution < -0.4 is 4.74 Å². The molecule has 0 saturated heterocycles. The van der Waals surface area contributed by atoms with Gasteiger partial charge in [-0.05, 0) is 35.0 Å². The Labute approximate surface area is 134 Å². The van der Waals surface area contributed by atoms with Gasteiger partial charge in [-0.2, -0.15) is 0 Å². The van der Waals surface area contributed by atoms with Crippen molar-refractivity contribution in [3.63, 3.8) is 0 Å². The first-order valence-corrected chi connectivity index (χ1v) is 7.45. The summed E-state index contributed by atoms with van der Waals surface area (Å²) >= 11 is 2.98. The molecule has 0 aromatic heterocycles. The number of hydrogen-bond acceptors (Lipinski definition) is 4. The average molecular weight is 367 g/mol. The number of benzene rings is 1. The van der Waals surface area contributed by atoms with E-state index < -0.39 is 5.82 Å². The van der Waals surface area contributed by atoms with E-state index in [1.165, 1.54) is 19.2 Å². The van der Waals surface area contributed by atoms with Gasteiger partial charge in [-0.1, -0.05) is 13.8 Å². The van der Waals surface area contributed by atoms with Crippen LogP contribution in [0, 0.1) is 5.82 Å². The van der Waals surface area contributed by atoms with Crippen LogP contribution in [-0.2, 0) is 9.47 Å². The highest BCUT2D eigenvalue weighted by molar-refractivity contribution is 9.10. The minimum absolute atomic E-state index is 0.101. The Bertz CT molecular complexity index is 384. The Kier molecular flexibility index (Phi) is 16.4. The number of ether oxygens (including phenoxy) is 3. The van der Waals surface area contributed by atoms with Crippen LogP contribution in [0.3, 0.4) is 0 Å². The standard InChI is InChI=1S/C10H10BrFO3.C3H8O.C2H6/c1-14-4-5-15-8-3-2-7(6-13)9(11)10(8)12;1-3-4-2;1-2/h2-3,6H,4-5H2,1H3;3H2,1-2H3;1-2H3. The predicted octanol–water partition coefficient (Wildman–Crippen LogP) is 4.10. The first kappa shape index (κ1) is 22.3. The summed E-state index contributed by atoms with van der Waals surface area (Å²) in [6.45, 7) is 7.42. The molecule has 0 radical (unpaired) electrons. The summed E-state index contributed by atoms with van der Waals surface area (Å²) < 4.78 is 28.0. The summed E-state index contributed by atoms with van der Waals surface area (Å²) in [6.07, 6.45) is 0.575. The second-order valence-corrected chi connectivity index (χ2v) is 4.11. The quantitative estimate of drug-likeness (QED) is 0.561. The Morgan fingerprint density at radius 1 is 1.19 bits per heavy atom. The maximum atomic E-state index is 13.5. The summed E-state index contributed by atoms with van der Waals surface area (Å²) in [5, 5.41) is 0. The number of halogens is 2. The fourth-order valence-corrected chi connectivity index (χ4v) is 1.41. The van der Waals surface area contributed by atoms with Crippen LogP contribution in [0.1, 0.15) is 31.1 Å². The third-order valence-corrected chi connectivity index (χ3v) is 2.84. The minimum Gasteiger partial charge on any atom is -0.488 e. The van der Waals surface area contributed by atoms with Gasteiger partial charge in [0.05, 0.1) is 11.1 Å². The molecule has 0 unspecified atom stereocenters. The molecular weight excluding hydrogens is 343 g/mol. The van der Waals surface area contributed by atoms with Gasteiger partial charge in [0.1, 0.15) is 6.61 Å². The number of carbonyl (C=O) groups is 1. The molecule has 0 aliphatic carbocycles. The Morgan fingerprint density at radius 3 is 2.19 bits per heavy atom. The van der Waals surface area contributed by atoms with Crippen LogP contribution in [0.4, 0.5) is 4.39 Å². The molecule has 122 valence electrons. The highest BCUT2D eigenvalue weighted by atomic mass is 79.9. The third kappa shape index (κ3) is 9.55. The van der Waals surface area contributed by atoms with Crippen LogP contribution in [0.15, 0.2) is 16.6 Å². The molecule has 0 spiro atoms. The van der Waals surface area contributed by atoms with Crippen molar-refractivity contribution >= 4 is 22.2 Å². The van der Waals surface area contributed by atoms with Gasteiger partial charge in [0.15, 0.2) is 17.9 Å². The van der Waals surface area contributed by atoms with E-state index >= 15 is 0 Å². The van der Waals surface area contributed by atoms with Crippen LogP contribution in [0.25, 0.3) is 0 Å². The molecule has 1 rings (SSSR count). The normalized spacial score (nSPS) is 8.90. The number of carbonyl (C=O) groups excluding carboxylic acids is 1. The molecule has 1 aromatic rings. The molecule has 0 heterocycles. The van der Waals surface area contributed by atoms with E-state index in [9.17, 15) is 9.18 Å². The zero-order chi connectivity index (χ0) is 16.7. The van der Waals surface area contributed by atoms with Crippen LogP contribution in [0.2, 0.25) is 0 Å². The predicted molar refractivity (Wildman–Crippen MR) is 85.8 cm³/mol. The van der Waals surface area contributed by atoms with E-state index in [1.807, 2.05) is 20.8 Å². The highest BCUT2D eigenvalue weighted by Crippen LogP contribution is 2.27. The van der Waals surface area contributed by atoms with Crippen LogP contribution in [-0.4, -0.2) is 40.3 Å². The smallest absolute Gasteiger partial charge is 0.179 e. The maximum Gasteiger partial charge on any atom is 0.179 e. The molecule has 0 amide bonds. The second kappa shape index (κ2) is 15.4. The molecule has 0 aliphatic rings. The van der Waals surface area contributed by atoms with E-state index in [2.05, 4.69) is 20.7 Å². The van der Waals surface area contributed by atoms with E-state index in [4.69, 9.17) is 9.47 Å². The SMILES string of the molecule is CC.CCOC.COCCOc1ccc(C=O)c(Br)c1F. The molecule has 0 fully saturated rings. The van der Waals surface area contributed by atoms with Gasteiger partial charge in [0.2, 0.25) is 0 Å². The average Bonchev–Trinajstić information content (AvgIpc) is 2.54. The zero-order valence-corrected chi connectivity index (χ0v) is 14.8. The monoisotopic (exact) mass is 366 g/mol. The largest absolute Gasteiger partial charge is 0.488 e. The Morgan fingerprint density at radius 2 is 1.76 bits per heavy atom. The number of aldehydes is 1. The molecular formula is C15H24BrFO4.